The number of aromatic amines is 1. The summed E-state index contributed by atoms with van der Waals surface area (Å²) in [5.41, 5.74) is 5.35. The summed E-state index contributed by atoms with van der Waals surface area (Å²) in [7, 11) is 0. The molecule has 3 nitrogen and oxygen atoms in total. The Balaban J connectivity index is 0.000000253. The maximum absolute atomic E-state index is 9.93. The number of likely N-dealkylation sites (tertiary alicyclic amines) is 1. The van der Waals surface area contributed by atoms with Crippen LogP contribution in [-0.2, 0) is 10.2 Å². The Labute approximate surface area is 166 Å². The molecular weight excluding hydrogens is 352 g/mol. The van der Waals surface area contributed by atoms with E-state index in [0.29, 0.717) is 0 Å². The van der Waals surface area contributed by atoms with Crippen LogP contribution in [0.3, 0.4) is 0 Å². The van der Waals surface area contributed by atoms with E-state index >= 15 is 0 Å². The largest absolute Gasteiger partial charge is 0.346 e. The number of benzene rings is 1. The molecule has 1 aromatic carbocycles. The van der Waals surface area contributed by atoms with Crippen molar-refractivity contribution in [3.8, 4) is 11.3 Å². The molecule has 1 aliphatic heterocycles. The minimum Gasteiger partial charge on any atom is -0.346 e. The molecule has 1 aliphatic rings. The third-order valence-corrected chi connectivity index (χ3v) is 6.36. The topological polar surface area (TPSA) is 36.1 Å². The van der Waals surface area contributed by atoms with Crippen LogP contribution in [0.4, 0.5) is 0 Å². The third-order valence-electron chi connectivity index (χ3n) is 4.87. The summed E-state index contributed by atoms with van der Waals surface area (Å²) in [5, 5.41) is 1.33. The molecule has 0 spiro atoms. The fourth-order valence-electron chi connectivity index (χ4n) is 3.43. The Hall–Kier alpha value is -2.07. The lowest BCUT2D eigenvalue weighted by atomic mass is 9.94. The molecule has 4 rings (SSSR count). The molecule has 0 bridgehead atoms. The zero-order valence-corrected chi connectivity index (χ0v) is 17.9. The Morgan fingerprint density at radius 1 is 1.00 bits per heavy atom. The Kier molecular flexibility index (Phi) is 5.75. The van der Waals surface area contributed by atoms with Crippen LogP contribution in [0.2, 0.25) is 0 Å². The van der Waals surface area contributed by atoms with Gasteiger partial charge in [-0.2, -0.15) is 0 Å². The maximum atomic E-state index is 9.93. The maximum Gasteiger partial charge on any atom is 0.209 e. The van der Waals surface area contributed by atoms with Gasteiger partial charge in [0.2, 0.25) is 6.41 Å². The molecule has 0 atom stereocenters. The van der Waals surface area contributed by atoms with Crippen LogP contribution >= 0.6 is 11.3 Å². The number of aromatic nitrogens is 1. The number of nitrogens with one attached hydrogen (secondary N) is 1. The Morgan fingerprint density at radius 2 is 1.63 bits per heavy atom. The summed E-state index contributed by atoms with van der Waals surface area (Å²) in [4.78, 5) is 18.0. The summed E-state index contributed by atoms with van der Waals surface area (Å²) in [5.74, 6) is 0. The van der Waals surface area contributed by atoms with Gasteiger partial charge in [-0.1, -0.05) is 38.0 Å². The van der Waals surface area contributed by atoms with E-state index in [1.807, 2.05) is 11.3 Å². The predicted octanol–water partition coefficient (Wildman–Crippen LogP) is 6.05. The lowest BCUT2D eigenvalue weighted by molar-refractivity contribution is -0.117. The van der Waals surface area contributed by atoms with Gasteiger partial charge in [0.15, 0.2) is 0 Å². The second-order valence-corrected chi connectivity index (χ2v) is 9.61. The van der Waals surface area contributed by atoms with E-state index in [1.165, 1.54) is 50.3 Å². The molecule has 4 heteroatoms. The van der Waals surface area contributed by atoms with Crippen molar-refractivity contribution in [2.75, 3.05) is 13.1 Å². The van der Waals surface area contributed by atoms with Crippen molar-refractivity contribution in [2.45, 2.75) is 52.9 Å². The van der Waals surface area contributed by atoms with Crippen molar-refractivity contribution in [2.24, 2.45) is 0 Å². The monoisotopic (exact) mass is 382 g/mol. The van der Waals surface area contributed by atoms with Gasteiger partial charge < -0.3 is 9.88 Å². The van der Waals surface area contributed by atoms with Gasteiger partial charge in [-0.25, -0.2) is 0 Å². The Bertz CT molecular complexity index is 872. The van der Waals surface area contributed by atoms with Crippen LogP contribution in [-0.4, -0.2) is 29.4 Å². The fraction of sp³-hybridized carbons (Fsp3) is 0.435. The van der Waals surface area contributed by atoms with Crippen LogP contribution < -0.4 is 0 Å². The second kappa shape index (κ2) is 7.89. The number of rotatable bonds is 2. The highest BCUT2D eigenvalue weighted by Gasteiger charge is 2.18. The average Bonchev–Trinajstić information content (AvgIpc) is 3.29. The summed E-state index contributed by atoms with van der Waals surface area (Å²) >= 11 is 1.87. The number of fused-ring (bicyclic) bond motifs is 1. The fourth-order valence-corrected chi connectivity index (χ4v) is 4.53. The normalized spacial score (nSPS) is 14.3. The van der Waals surface area contributed by atoms with Gasteiger partial charge >= 0.3 is 0 Å². The highest BCUT2D eigenvalue weighted by Crippen LogP contribution is 2.36. The van der Waals surface area contributed by atoms with Crippen LogP contribution in [0, 0.1) is 13.8 Å². The van der Waals surface area contributed by atoms with Crippen LogP contribution in [0.25, 0.3) is 21.5 Å². The predicted molar refractivity (Wildman–Crippen MR) is 117 cm³/mol. The number of hydrogen-bond donors (Lipinski definition) is 1. The van der Waals surface area contributed by atoms with Crippen molar-refractivity contribution in [1.82, 2.24) is 9.88 Å². The van der Waals surface area contributed by atoms with E-state index < -0.39 is 0 Å². The number of nitrogens with zero attached hydrogens (tertiary/aromatic N) is 1. The van der Waals surface area contributed by atoms with E-state index in [9.17, 15) is 4.79 Å². The van der Waals surface area contributed by atoms with E-state index in [-0.39, 0.29) is 5.41 Å². The number of thiophene rings is 1. The number of carbonyl (C=O) groups excluding carboxylic acids is 1. The van der Waals surface area contributed by atoms with Gasteiger partial charge in [0.05, 0.1) is 0 Å². The first-order chi connectivity index (χ1) is 12.8. The molecule has 1 fully saturated rings. The number of carbonyl (C=O) groups is 1. The van der Waals surface area contributed by atoms with Crippen molar-refractivity contribution in [1.29, 1.82) is 0 Å². The van der Waals surface area contributed by atoms with Gasteiger partial charge in [0.25, 0.3) is 0 Å². The van der Waals surface area contributed by atoms with Gasteiger partial charge in [-0.15, -0.1) is 11.3 Å². The lowest BCUT2D eigenvalue weighted by Crippen LogP contribution is -2.15. The number of H-pyrrole nitrogens is 1. The van der Waals surface area contributed by atoms with E-state index in [4.69, 9.17) is 0 Å². The van der Waals surface area contributed by atoms with Crippen LogP contribution in [0.5, 0.6) is 0 Å². The van der Waals surface area contributed by atoms with Crippen molar-refractivity contribution in [3.63, 3.8) is 0 Å². The first kappa shape index (κ1) is 19.7. The summed E-state index contributed by atoms with van der Waals surface area (Å²) in [6.45, 7) is 13.1. The summed E-state index contributed by atoms with van der Waals surface area (Å²) < 4.78 is 0. The lowest BCUT2D eigenvalue weighted by Gasteiger charge is -2.15. The zero-order chi connectivity index (χ0) is 19.6. The molecule has 27 heavy (non-hydrogen) atoms. The minimum atomic E-state index is 0.227. The SMILES string of the molecule is Cc1cc(C)cc(-c2cc3cc(C(C)(C)C)sc3[nH]2)c1.O=CN1CCCC1. The molecule has 144 valence electrons. The molecule has 1 N–H and O–H groups in total. The molecule has 1 amide bonds. The Morgan fingerprint density at radius 3 is 2.11 bits per heavy atom. The standard InChI is InChI=1S/C18H21NS.C5H9NO/c1-11-6-12(2)8-13(7-11)15-9-14-10-16(18(3,4)5)20-17(14)19-15;7-5-6-3-1-2-4-6/h6-10,19H,1-5H3;5H,1-4H2. The molecule has 3 aromatic rings. The highest BCUT2D eigenvalue weighted by atomic mass is 32.1. The first-order valence-corrected chi connectivity index (χ1v) is 10.5. The van der Waals surface area contributed by atoms with Crippen molar-refractivity contribution >= 4 is 28.0 Å². The van der Waals surface area contributed by atoms with E-state index in [1.54, 1.807) is 4.90 Å². The average molecular weight is 383 g/mol. The van der Waals surface area contributed by atoms with Gasteiger partial charge in [-0.05, 0) is 61.9 Å². The quantitative estimate of drug-likeness (QED) is 0.538. The van der Waals surface area contributed by atoms with Crippen LogP contribution in [0.15, 0.2) is 30.3 Å². The van der Waals surface area contributed by atoms with Gasteiger partial charge in [0, 0.05) is 29.0 Å². The van der Waals surface area contributed by atoms with E-state index in [0.717, 1.165) is 19.5 Å². The second-order valence-electron chi connectivity index (χ2n) is 8.55. The summed E-state index contributed by atoms with van der Waals surface area (Å²) in [6, 6.07) is 11.3. The van der Waals surface area contributed by atoms with E-state index in [2.05, 4.69) is 69.9 Å². The zero-order valence-electron chi connectivity index (χ0n) is 17.1. The molecule has 2 aromatic heterocycles. The molecular formula is C23H30N2OS. The van der Waals surface area contributed by atoms with Crippen molar-refractivity contribution < 1.29 is 4.79 Å². The number of amides is 1. The number of aryl methyl sites for hydroxylation is 2. The number of hydrogen-bond acceptors (Lipinski definition) is 2. The molecule has 1 saturated heterocycles. The molecule has 0 aliphatic carbocycles. The van der Waals surface area contributed by atoms with Crippen molar-refractivity contribution in [3.05, 3.63) is 46.3 Å². The van der Waals surface area contributed by atoms with Gasteiger partial charge in [0.1, 0.15) is 4.83 Å². The first-order valence-electron chi connectivity index (χ1n) is 9.67. The smallest absolute Gasteiger partial charge is 0.209 e. The van der Waals surface area contributed by atoms with Crippen LogP contribution in [0.1, 0.15) is 49.6 Å². The minimum absolute atomic E-state index is 0.227. The third kappa shape index (κ3) is 4.81. The molecule has 0 unspecified atom stereocenters. The molecule has 0 radical (unpaired) electrons. The molecule has 0 saturated carbocycles. The van der Waals surface area contributed by atoms with Gasteiger partial charge in [-0.3, -0.25) is 4.79 Å². The highest BCUT2D eigenvalue weighted by molar-refractivity contribution is 7.18. The molecule has 3 heterocycles. The summed E-state index contributed by atoms with van der Waals surface area (Å²) in [6.07, 6.45) is 3.31.